The van der Waals surface area contributed by atoms with Crippen LogP contribution in [0.4, 0.5) is 5.82 Å². The van der Waals surface area contributed by atoms with Crippen molar-refractivity contribution in [2.24, 2.45) is 34.7 Å². The van der Waals surface area contributed by atoms with Gasteiger partial charge in [-0.2, -0.15) is 0 Å². The van der Waals surface area contributed by atoms with Gasteiger partial charge in [0, 0.05) is 34.6 Å². The number of oxime groups is 1. The molecule has 332 valence electrons. The van der Waals surface area contributed by atoms with Crippen molar-refractivity contribution in [1.82, 2.24) is 9.88 Å². The highest BCUT2D eigenvalue weighted by Crippen LogP contribution is 2.46. The summed E-state index contributed by atoms with van der Waals surface area (Å²) in [5.41, 5.74) is 4.63. The summed E-state index contributed by atoms with van der Waals surface area (Å²) < 4.78 is 39.0. The van der Waals surface area contributed by atoms with Crippen LogP contribution in [0.1, 0.15) is 86.0 Å². The number of thiophene rings is 1. The van der Waals surface area contributed by atoms with Crippen LogP contribution in [0.3, 0.4) is 0 Å². The number of fused-ring (bicyclic) bond motifs is 4. The molecule has 6 rings (SSSR count). The van der Waals surface area contributed by atoms with Crippen LogP contribution in [0.2, 0.25) is 0 Å². The topological polar surface area (TPSA) is 191 Å². The van der Waals surface area contributed by atoms with Crippen molar-refractivity contribution in [3.63, 3.8) is 0 Å². The Morgan fingerprint density at radius 3 is 2.50 bits per heavy atom. The van der Waals surface area contributed by atoms with Gasteiger partial charge in [0.05, 0.1) is 60.0 Å². The van der Waals surface area contributed by atoms with Crippen molar-refractivity contribution < 1.29 is 52.7 Å². The highest BCUT2D eigenvalue weighted by molar-refractivity contribution is 7.15. The number of nitrogen functional groups attached to an aromatic ring is 1. The van der Waals surface area contributed by atoms with Crippen LogP contribution in [0.25, 0.3) is 10.6 Å². The fourth-order valence-electron chi connectivity index (χ4n) is 9.77. The lowest BCUT2D eigenvalue weighted by Crippen LogP contribution is -2.60. The first-order valence-electron chi connectivity index (χ1n) is 21.2. The van der Waals surface area contributed by atoms with E-state index in [9.17, 15) is 19.5 Å². The van der Waals surface area contributed by atoms with Gasteiger partial charge in [0.15, 0.2) is 12.9 Å². The van der Waals surface area contributed by atoms with E-state index in [0.29, 0.717) is 24.4 Å². The van der Waals surface area contributed by atoms with Crippen molar-refractivity contribution in [2.45, 2.75) is 142 Å². The lowest BCUT2D eigenvalue weighted by atomic mass is 9.70. The summed E-state index contributed by atoms with van der Waals surface area (Å²) in [4.78, 5) is 56.0. The van der Waals surface area contributed by atoms with Gasteiger partial charge in [-0.3, -0.25) is 14.4 Å². The quantitative estimate of drug-likeness (QED) is 0.253. The Labute approximate surface area is 357 Å². The Bertz CT molecular complexity index is 1880. The Morgan fingerprint density at radius 2 is 1.80 bits per heavy atom. The number of ether oxygens (including phenoxy) is 6. The molecule has 60 heavy (non-hydrogen) atoms. The van der Waals surface area contributed by atoms with Crippen molar-refractivity contribution in [2.75, 3.05) is 33.0 Å². The molecular formula is C44H64N4O11S. The predicted octanol–water partition coefficient (Wildman–Crippen LogP) is 5.41. The number of ketones is 1. The number of aliphatic hydroxyl groups excluding tert-OH is 1. The number of aliphatic hydroxyl groups is 1. The van der Waals surface area contributed by atoms with E-state index in [-0.39, 0.29) is 50.6 Å². The van der Waals surface area contributed by atoms with Gasteiger partial charge in [0.1, 0.15) is 35.1 Å². The third kappa shape index (κ3) is 9.74. The van der Waals surface area contributed by atoms with Crippen molar-refractivity contribution in [3.05, 3.63) is 35.2 Å². The minimum atomic E-state index is -1.24. The molecule has 0 aromatic carbocycles. The zero-order valence-electron chi connectivity index (χ0n) is 36.6. The van der Waals surface area contributed by atoms with Gasteiger partial charge in [-0.05, 0) is 85.3 Å². The molecule has 14 atom stereocenters. The maximum Gasteiger partial charge on any atom is 0.311 e. The molecule has 15 nitrogen and oxygen atoms in total. The summed E-state index contributed by atoms with van der Waals surface area (Å²) in [6.07, 6.45) is -3.72. The van der Waals surface area contributed by atoms with Gasteiger partial charge >= 0.3 is 11.9 Å². The van der Waals surface area contributed by atoms with Crippen LogP contribution in [0.5, 0.6) is 0 Å². The molecule has 0 unspecified atom stereocenters. The highest BCUT2D eigenvalue weighted by Gasteiger charge is 2.57. The predicted molar refractivity (Wildman–Crippen MR) is 225 cm³/mol. The lowest BCUT2D eigenvalue weighted by molar-refractivity contribution is -0.302. The molecule has 4 aliphatic heterocycles. The molecule has 4 aliphatic rings. The molecule has 4 saturated heterocycles. The molecule has 3 N–H and O–H groups in total. The number of carbonyl (C=O) groups excluding carboxylic acids is 3. The van der Waals surface area contributed by atoms with Crippen LogP contribution in [-0.2, 0) is 54.2 Å². The number of nitrogens with two attached hydrogens (primary N) is 1. The molecule has 4 fully saturated rings. The maximum absolute atomic E-state index is 14.6. The first-order chi connectivity index (χ1) is 28.3. The Balaban J connectivity index is 1.38. The van der Waals surface area contributed by atoms with E-state index >= 15 is 0 Å². The minimum Gasteiger partial charge on any atom is -0.458 e. The number of likely N-dealkylation sites (N-methyl/N-ethyl adjacent to an activating group) is 1. The molecular weight excluding hydrogens is 793 g/mol. The molecule has 6 heterocycles. The zero-order chi connectivity index (χ0) is 43.7. The summed E-state index contributed by atoms with van der Waals surface area (Å²) >= 11 is 1.51. The molecule has 0 spiro atoms. The van der Waals surface area contributed by atoms with Gasteiger partial charge in [-0.25, -0.2) is 4.98 Å². The third-order valence-electron chi connectivity index (χ3n) is 13.1. The van der Waals surface area contributed by atoms with Crippen LogP contribution in [0.15, 0.2) is 35.5 Å². The first kappa shape index (κ1) is 46.0. The smallest absolute Gasteiger partial charge is 0.311 e. The molecule has 2 bridgehead atoms. The van der Waals surface area contributed by atoms with E-state index in [2.05, 4.69) is 10.1 Å². The normalized spacial score (nSPS) is 39.0. The lowest BCUT2D eigenvalue weighted by Gasteiger charge is -2.48. The number of carbonyl (C=O) groups is 3. The average Bonchev–Trinajstić information content (AvgIpc) is 3.81. The van der Waals surface area contributed by atoms with Crippen LogP contribution < -0.4 is 5.73 Å². The summed E-state index contributed by atoms with van der Waals surface area (Å²) in [6, 6.07) is 9.13. The minimum absolute atomic E-state index is 0.0223. The van der Waals surface area contributed by atoms with Crippen molar-refractivity contribution in [3.8, 4) is 10.6 Å². The number of rotatable bonds is 8. The van der Waals surface area contributed by atoms with Crippen LogP contribution in [0, 0.1) is 29.6 Å². The van der Waals surface area contributed by atoms with Gasteiger partial charge in [0.25, 0.3) is 0 Å². The monoisotopic (exact) mass is 856 g/mol. The SMILES string of the molecule is CC[C@H]1OC(=O)[C@H](C)[C@H]2OC/C(=N/OCc3ccc(-c4cccc(N)n4)s3)CO[C@](C)(C[C@@H](C)C(=O)[C@H](C)[C@@H]3CC(=O)O[C@]13C)[C@H](O[C@@H]1O[C@H](C)C[C@H](N(C)C)[C@H]1O)[C@@H]2C. The number of hydrogen-bond donors (Lipinski definition) is 2. The number of anilines is 1. The molecule has 0 radical (unpaired) electrons. The summed E-state index contributed by atoms with van der Waals surface area (Å²) in [5.74, 6) is -3.85. The maximum atomic E-state index is 14.6. The fraction of sp³-hybridized carbons (Fsp3) is 0.705. The molecule has 0 amide bonds. The van der Waals surface area contributed by atoms with E-state index in [1.165, 1.54) is 11.3 Å². The number of hydrogen-bond acceptors (Lipinski definition) is 16. The van der Waals surface area contributed by atoms with E-state index in [1.807, 2.05) is 84.8 Å². The molecule has 2 aromatic rings. The summed E-state index contributed by atoms with van der Waals surface area (Å²) in [7, 11) is 3.81. The molecule has 2 aromatic heterocycles. The Kier molecular flexibility index (Phi) is 14.5. The van der Waals surface area contributed by atoms with Crippen LogP contribution >= 0.6 is 11.3 Å². The van der Waals surface area contributed by atoms with E-state index in [4.69, 9.17) is 39.0 Å². The average molecular weight is 857 g/mol. The van der Waals surface area contributed by atoms with Gasteiger partial charge in [-0.1, -0.05) is 38.9 Å². The second-order valence-corrected chi connectivity index (χ2v) is 19.1. The largest absolute Gasteiger partial charge is 0.458 e. The molecule has 0 saturated carbocycles. The second kappa shape index (κ2) is 18.9. The van der Waals surface area contributed by atoms with Gasteiger partial charge in [-0.15, -0.1) is 11.3 Å². The molecule has 16 heteroatoms. The van der Waals surface area contributed by atoms with Crippen molar-refractivity contribution in [1.29, 1.82) is 0 Å². The Hall–Kier alpha value is -3.51. The number of esters is 2. The Morgan fingerprint density at radius 1 is 1.05 bits per heavy atom. The summed E-state index contributed by atoms with van der Waals surface area (Å²) in [5, 5.41) is 16.2. The number of cyclic esters (lactones) is 1. The summed E-state index contributed by atoms with van der Waals surface area (Å²) in [6.45, 7) is 14.9. The number of aromatic nitrogens is 1. The second-order valence-electron chi connectivity index (χ2n) is 17.9. The first-order valence-corrected chi connectivity index (χ1v) is 22.0. The highest BCUT2D eigenvalue weighted by atomic mass is 32.1. The van der Waals surface area contributed by atoms with E-state index < -0.39 is 83.4 Å². The fourth-order valence-corrected chi connectivity index (χ4v) is 10.7. The van der Waals surface area contributed by atoms with Gasteiger partial charge < -0.3 is 49.0 Å². The van der Waals surface area contributed by atoms with E-state index in [0.717, 1.165) is 15.4 Å². The van der Waals surface area contributed by atoms with Crippen LogP contribution in [-0.4, -0.2) is 120 Å². The number of Topliss-reactive ketones (excluding diaryl/α,β-unsaturated/α-hetero) is 1. The van der Waals surface area contributed by atoms with E-state index in [1.54, 1.807) is 19.9 Å². The van der Waals surface area contributed by atoms with Gasteiger partial charge in [0.2, 0.25) is 0 Å². The number of pyridine rings is 1. The standard InChI is InChI=1S/C44H64N4O11S/c1-11-34-44(8)30(18-36(49)59-44)25(4)37(50)23(2)19-43(7)40(58-42-38(51)32(48(9)10)17-24(3)56-42)26(5)39(27(6)41(52)57-34)53-20-28(21-54-43)47-55-22-29-15-16-33(60-29)31-13-12-14-35(45)46-31/h12-16,23-27,30,32,34,38-40,42,51H,11,17-22H2,1-10H3,(H2,45,46)/b47-28-/t23-,24-,25-,26-,27-,30+,32+,34-,38-,39+,40-,42+,43-,44+/m1/s1. The number of nitrogens with zero attached hydrogens (tertiary/aromatic N) is 3. The van der Waals surface area contributed by atoms with Crippen molar-refractivity contribution >= 4 is 40.6 Å². The molecule has 0 aliphatic carbocycles. The third-order valence-corrected chi connectivity index (χ3v) is 14.2. The zero-order valence-corrected chi connectivity index (χ0v) is 37.4.